The van der Waals surface area contributed by atoms with Crippen LogP contribution in [0.5, 0.6) is 0 Å². The predicted molar refractivity (Wildman–Crippen MR) is 78.5 cm³/mol. The van der Waals surface area contributed by atoms with Crippen molar-refractivity contribution in [3.8, 4) is 6.07 Å². The van der Waals surface area contributed by atoms with Crippen molar-refractivity contribution >= 4 is 5.69 Å². The summed E-state index contributed by atoms with van der Waals surface area (Å²) in [4.78, 5) is 2.16. The molecule has 1 aromatic rings. The maximum Gasteiger partial charge on any atom is 0.0992 e. The molecule has 4 heteroatoms. The highest BCUT2D eigenvalue weighted by molar-refractivity contribution is 5.59. The second kappa shape index (κ2) is 6.74. The minimum Gasteiger partial charge on any atom is -0.395 e. The normalized spacial score (nSPS) is 16.9. The van der Waals surface area contributed by atoms with Crippen molar-refractivity contribution < 1.29 is 10.2 Å². The fourth-order valence-electron chi connectivity index (χ4n) is 3.04. The molecular formula is C16H22N2O2. The lowest BCUT2D eigenvalue weighted by atomic mass is 10.0. The zero-order valence-electron chi connectivity index (χ0n) is 11.9. The highest BCUT2D eigenvalue weighted by atomic mass is 16.3. The van der Waals surface area contributed by atoms with Crippen LogP contribution in [0.15, 0.2) is 18.2 Å². The number of nitriles is 1. The summed E-state index contributed by atoms with van der Waals surface area (Å²) in [7, 11) is 0. The first-order valence-corrected chi connectivity index (χ1v) is 7.27. The molecule has 0 amide bonds. The third-order valence-electron chi connectivity index (χ3n) is 4.03. The van der Waals surface area contributed by atoms with E-state index in [4.69, 9.17) is 5.26 Å². The third-order valence-corrected chi connectivity index (χ3v) is 4.03. The van der Waals surface area contributed by atoms with E-state index in [1.807, 2.05) is 12.1 Å². The molecule has 0 bridgehead atoms. The molecule has 1 aliphatic carbocycles. The molecular weight excluding hydrogens is 252 g/mol. The Kier molecular flexibility index (Phi) is 4.99. The van der Waals surface area contributed by atoms with E-state index in [9.17, 15) is 10.2 Å². The molecule has 20 heavy (non-hydrogen) atoms. The van der Waals surface area contributed by atoms with Crippen LogP contribution >= 0.6 is 0 Å². The van der Waals surface area contributed by atoms with Gasteiger partial charge in [0.15, 0.2) is 0 Å². The van der Waals surface area contributed by atoms with Gasteiger partial charge < -0.3 is 15.1 Å². The van der Waals surface area contributed by atoms with Gasteiger partial charge in [-0.25, -0.2) is 0 Å². The van der Waals surface area contributed by atoms with Crippen molar-refractivity contribution in [2.75, 3.05) is 18.1 Å². The van der Waals surface area contributed by atoms with E-state index < -0.39 is 6.10 Å². The summed E-state index contributed by atoms with van der Waals surface area (Å²) in [6.07, 6.45) is 4.04. The Hall–Kier alpha value is -1.57. The van der Waals surface area contributed by atoms with Gasteiger partial charge in [0.1, 0.15) is 0 Å². The van der Waals surface area contributed by atoms with Crippen molar-refractivity contribution in [3.63, 3.8) is 0 Å². The lowest BCUT2D eigenvalue weighted by Crippen LogP contribution is -2.36. The summed E-state index contributed by atoms with van der Waals surface area (Å²) in [6.45, 7) is 2.35. The minimum absolute atomic E-state index is 0.0759. The van der Waals surface area contributed by atoms with Gasteiger partial charge in [0.2, 0.25) is 0 Å². The molecule has 0 spiro atoms. The molecule has 0 aliphatic heterocycles. The van der Waals surface area contributed by atoms with Crippen molar-refractivity contribution in [2.24, 2.45) is 0 Å². The van der Waals surface area contributed by atoms with Crippen LogP contribution in [0, 0.1) is 11.3 Å². The average Bonchev–Trinajstić information content (AvgIpc) is 2.97. The van der Waals surface area contributed by atoms with Crippen LogP contribution in [0.4, 0.5) is 5.69 Å². The number of nitrogens with zero attached hydrogens (tertiary/aromatic N) is 2. The van der Waals surface area contributed by atoms with E-state index in [-0.39, 0.29) is 6.61 Å². The van der Waals surface area contributed by atoms with Gasteiger partial charge in [0.05, 0.1) is 24.3 Å². The molecule has 0 saturated heterocycles. The van der Waals surface area contributed by atoms with Gasteiger partial charge in [0, 0.05) is 23.8 Å². The molecule has 1 saturated carbocycles. The Morgan fingerprint density at radius 3 is 2.65 bits per heavy atom. The summed E-state index contributed by atoms with van der Waals surface area (Å²) in [5, 5.41) is 28.4. The van der Waals surface area contributed by atoms with Crippen LogP contribution in [0.1, 0.15) is 49.8 Å². The van der Waals surface area contributed by atoms with Crippen LogP contribution in [0.2, 0.25) is 0 Å². The lowest BCUT2D eigenvalue weighted by Gasteiger charge is -2.33. The predicted octanol–water partition coefficient (Wildman–Crippen LogP) is 2.35. The largest absolute Gasteiger partial charge is 0.395 e. The second-order valence-corrected chi connectivity index (χ2v) is 5.42. The molecule has 2 N–H and O–H groups in total. The molecule has 0 aromatic heterocycles. The second-order valence-electron chi connectivity index (χ2n) is 5.42. The standard InChI is InChI=1S/C16H22N2O2/c1-12(20)15-7-6-13(11-17)10-16(15)18(8-9-19)14-4-2-3-5-14/h6-7,10,12,14,19-20H,2-5,8-9H2,1H3/t12-/m1/s1. The highest BCUT2D eigenvalue weighted by Gasteiger charge is 2.25. The Labute approximate surface area is 120 Å². The number of aliphatic hydroxyl groups excluding tert-OH is 2. The molecule has 1 atom stereocenters. The van der Waals surface area contributed by atoms with Crippen molar-refractivity contribution in [1.29, 1.82) is 5.26 Å². The number of benzene rings is 1. The fraction of sp³-hybridized carbons (Fsp3) is 0.562. The summed E-state index contributed by atoms with van der Waals surface area (Å²) in [5.74, 6) is 0. The van der Waals surface area contributed by atoms with Gasteiger partial charge >= 0.3 is 0 Å². The molecule has 108 valence electrons. The van der Waals surface area contributed by atoms with Gasteiger partial charge in [0.25, 0.3) is 0 Å². The van der Waals surface area contributed by atoms with Crippen LogP contribution in [-0.2, 0) is 0 Å². The zero-order chi connectivity index (χ0) is 14.5. The summed E-state index contributed by atoms with van der Waals surface area (Å²) in [6, 6.07) is 7.93. The Balaban J connectivity index is 2.41. The smallest absolute Gasteiger partial charge is 0.0992 e. The summed E-state index contributed by atoms with van der Waals surface area (Å²) in [5.41, 5.74) is 2.30. The number of anilines is 1. The average molecular weight is 274 g/mol. The first-order chi connectivity index (χ1) is 9.67. The molecule has 1 aromatic carbocycles. The van der Waals surface area contributed by atoms with Gasteiger partial charge in [-0.15, -0.1) is 0 Å². The summed E-state index contributed by atoms with van der Waals surface area (Å²) < 4.78 is 0. The van der Waals surface area contributed by atoms with E-state index in [2.05, 4.69) is 11.0 Å². The zero-order valence-corrected chi connectivity index (χ0v) is 11.9. The maximum atomic E-state index is 9.96. The SMILES string of the molecule is C[C@@H](O)c1ccc(C#N)cc1N(CCO)C1CCCC1. The summed E-state index contributed by atoms with van der Waals surface area (Å²) >= 11 is 0. The van der Waals surface area contributed by atoms with Crippen LogP contribution in [0.25, 0.3) is 0 Å². The van der Waals surface area contributed by atoms with E-state index in [0.717, 1.165) is 24.1 Å². The van der Waals surface area contributed by atoms with Crippen LogP contribution in [0.3, 0.4) is 0 Å². The quantitative estimate of drug-likeness (QED) is 0.865. The van der Waals surface area contributed by atoms with E-state index in [0.29, 0.717) is 18.2 Å². The number of hydrogen-bond donors (Lipinski definition) is 2. The molecule has 0 radical (unpaired) electrons. The van der Waals surface area contributed by atoms with Crippen LogP contribution in [-0.4, -0.2) is 29.4 Å². The van der Waals surface area contributed by atoms with E-state index in [1.54, 1.807) is 13.0 Å². The molecule has 0 heterocycles. The lowest BCUT2D eigenvalue weighted by molar-refractivity contribution is 0.199. The molecule has 1 aliphatic rings. The highest BCUT2D eigenvalue weighted by Crippen LogP contribution is 2.33. The first-order valence-electron chi connectivity index (χ1n) is 7.27. The van der Waals surface area contributed by atoms with Gasteiger partial charge in [-0.2, -0.15) is 5.26 Å². The van der Waals surface area contributed by atoms with Crippen LogP contribution < -0.4 is 4.90 Å². The number of aliphatic hydroxyl groups is 2. The van der Waals surface area contributed by atoms with Crippen molar-refractivity contribution in [2.45, 2.75) is 44.8 Å². The van der Waals surface area contributed by atoms with Gasteiger partial charge in [-0.3, -0.25) is 0 Å². The molecule has 4 nitrogen and oxygen atoms in total. The maximum absolute atomic E-state index is 9.96. The fourth-order valence-corrected chi connectivity index (χ4v) is 3.04. The van der Waals surface area contributed by atoms with Gasteiger partial charge in [-0.05, 0) is 31.9 Å². The molecule has 2 rings (SSSR count). The number of hydrogen-bond acceptors (Lipinski definition) is 4. The third kappa shape index (κ3) is 3.12. The van der Waals surface area contributed by atoms with E-state index >= 15 is 0 Å². The minimum atomic E-state index is -0.583. The molecule has 0 unspecified atom stereocenters. The van der Waals surface area contributed by atoms with Gasteiger partial charge in [-0.1, -0.05) is 18.9 Å². The Bertz CT molecular complexity index is 488. The monoisotopic (exact) mass is 274 g/mol. The van der Waals surface area contributed by atoms with Crippen molar-refractivity contribution in [1.82, 2.24) is 0 Å². The van der Waals surface area contributed by atoms with Crippen molar-refractivity contribution in [3.05, 3.63) is 29.3 Å². The molecule has 1 fully saturated rings. The topological polar surface area (TPSA) is 67.5 Å². The Morgan fingerprint density at radius 1 is 1.40 bits per heavy atom. The number of rotatable bonds is 5. The van der Waals surface area contributed by atoms with E-state index in [1.165, 1.54) is 12.8 Å². The Morgan fingerprint density at radius 2 is 2.10 bits per heavy atom. The first kappa shape index (κ1) is 14.8.